The normalized spacial score (nSPS) is 15.4. The van der Waals surface area contributed by atoms with Gasteiger partial charge in [0.2, 0.25) is 0 Å². The average Bonchev–Trinajstić information content (AvgIpc) is 2.84. The van der Waals surface area contributed by atoms with Gasteiger partial charge in [0.1, 0.15) is 35.1 Å². The first-order chi connectivity index (χ1) is 11.5. The molecule has 0 atom stereocenters. The van der Waals surface area contributed by atoms with Gasteiger partial charge in [0, 0.05) is 5.57 Å². The minimum atomic E-state index is -0.811. The first-order valence-corrected chi connectivity index (χ1v) is 7.17. The van der Waals surface area contributed by atoms with E-state index in [9.17, 15) is 5.26 Å². The Kier molecular flexibility index (Phi) is 4.73. The molecule has 1 aliphatic rings. The summed E-state index contributed by atoms with van der Waals surface area (Å²) < 4.78 is 10.9. The first-order valence-electron chi connectivity index (χ1n) is 7.17. The number of allylic oxidation sites excluding steroid dienone is 2. The number of ether oxygens (including phenoxy) is 2. The van der Waals surface area contributed by atoms with Crippen LogP contribution in [-0.4, -0.2) is 12.7 Å². The van der Waals surface area contributed by atoms with Crippen LogP contribution in [0, 0.1) is 34.0 Å². The van der Waals surface area contributed by atoms with Crippen molar-refractivity contribution in [1.29, 1.82) is 15.8 Å². The van der Waals surface area contributed by atoms with Gasteiger partial charge in [-0.3, -0.25) is 0 Å². The summed E-state index contributed by atoms with van der Waals surface area (Å²) >= 11 is 0. The molecule has 1 aromatic rings. The molecule has 118 valence electrons. The van der Waals surface area contributed by atoms with Gasteiger partial charge in [-0.15, -0.1) is 0 Å². The Bertz CT molecular complexity index is 868. The zero-order chi connectivity index (χ0) is 17.7. The molecule has 0 saturated heterocycles. The molecule has 0 saturated carbocycles. The highest BCUT2D eigenvalue weighted by molar-refractivity contribution is 5.64. The molecule has 1 aromatic carbocycles. The molecule has 0 spiro atoms. The van der Waals surface area contributed by atoms with Gasteiger partial charge in [0.05, 0.1) is 7.11 Å². The summed E-state index contributed by atoms with van der Waals surface area (Å²) in [5.41, 5.74) is 0.704. The van der Waals surface area contributed by atoms with Crippen molar-refractivity contribution in [3.05, 3.63) is 58.4 Å². The van der Waals surface area contributed by atoms with E-state index in [0.717, 1.165) is 11.3 Å². The summed E-state index contributed by atoms with van der Waals surface area (Å²) in [5.74, 6) is 0.767. The monoisotopic (exact) mass is 317 g/mol. The summed E-state index contributed by atoms with van der Waals surface area (Å²) in [7, 11) is 1.59. The van der Waals surface area contributed by atoms with Gasteiger partial charge >= 0.3 is 0 Å². The van der Waals surface area contributed by atoms with Crippen LogP contribution in [0.3, 0.4) is 0 Å². The molecule has 0 aliphatic carbocycles. The second-order valence-electron chi connectivity index (χ2n) is 5.55. The van der Waals surface area contributed by atoms with E-state index in [1.807, 2.05) is 36.4 Å². The third-order valence-corrected chi connectivity index (χ3v) is 3.60. The van der Waals surface area contributed by atoms with Crippen LogP contribution in [0.1, 0.15) is 19.4 Å². The minimum absolute atomic E-state index is 0.0396. The maximum absolute atomic E-state index is 9.46. The number of methoxy groups -OCH3 is 1. The topological polar surface area (TPSA) is 89.8 Å². The molecule has 0 N–H and O–H groups in total. The van der Waals surface area contributed by atoms with Crippen molar-refractivity contribution in [1.82, 2.24) is 0 Å². The van der Waals surface area contributed by atoms with Crippen molar-refractivity contribution in [2.24, 2.45) is 0 Å². The van der Waals surface area contributed by atoms with E-state index in [-0.39, 0.29) is 16.9 Å². The minimum Gasteiger partial charge on any atom is -0.497 e. The quantitative estimate of drug-likeness (QED) is 0.794. The molecule has 2 rings (SSSR count). The smallest absolute Gasteiger partial charge is 0.172 e. The zero-order valence-corrected chi connectivity index (χ0v) is 13.6. The molecule has 0 aromatic heterocycles. The maximum atomic E-state index is 9.46. The second kappa shape index (κ2) is 6.73. The first kappa shape index (κ1) is 16.9. The molecule has 0 bridgehead atoms. The van der Waals surface area contributed by atoms with Crippen molar-refractivity contribution < 1.29 is 9.47 Å². The van der Waals surface area contributed by atoms with Crippen molar-refractivity contribution in [3.8, 4) is 24.0 Å². The molecular weight excluding hydrogens is 302 g/mol. The fourth-order valence-corrected chi connectivity index (χ4v) is 2.41. The Morgan fingerprint density at radius 3 is 2.46 bits per heavy atom. The molecule has 0 amide bonds. The van der Waals surface area contributed by atoms with Gasteiger partial charge in [-0.25, -0.2) is 0 Å². The molecule has 1 aliphatic heterocycles. The Hall–Kier alpha value is -3.49. The third kappa shape index (κ3) is 3.14. The Morgan fingerprint density at radius 1 is 1.17 bits per heavy atom. The predicted octanol–water partition coefficient (Wildman–Crippen LogP) is 3.64. The molecule has 0 unspecified atom stereocenters. The van der Waals surface area contributed by atoms with Crippen LogP contribution in [-0.2, 0) is 4.74 Å². The summed E-state index contributed by atoms with van der Waals surface area (Å²) in [6, 6.07) is 13.1. The molecule has 5 nitrogen and oxygen atoms in total. The Balaban J connectivity index is 2.53. The lowest BCUT2D eigenvalue weighted by Gasteiger charge is -2.20. The van der Waals surface area contributed by atoms with Gasteiger partial charge < -0.3 is 9.47 Å². The fraction of sp³-hybridized carbons (Fsp3) is 0.211. The van der Waals surface area contributed by atoms with Crippen molar-refractivity contribution in [3.63, 3.8) is 0 Å². The summed E-state index contributed by atoms with van der Waals surface area (Å²) in [6.07, 6.45) is 3.61. The highest BCUT2D eigenvalue weighted by atomic mass is 16.5. The lowest BCUT2D eigenvalue weighted by Crippen LogP contribution is -2.20. The number of nitrogens with zero attached hydrogens (tertiary/aromatic N) is 3. The zero-order valence-electron chi connectivity index (χ0n) is 13.6. The van der Waals surface area contributed by atoms with Crippen molar-refractivity contribution in [2.75, 3.05) is 7.11 Å². The van der Waals surface area contributed by atoms with Crippen molar-refractivity contribution >= 4 is 6.08 Å². The molecule has 5 heteroatoms. The van der Waals surface area contributed by atoms with Crippen molar-refractivity contribution in [2.45, 2.75) is 19.4 Å². The summed E-state index contributed by atoms with van der Waals surface area (Å²) in [4.78, 5) is 0. The van der Waals surface area contributed by atoms with E-state index >= 15 is 0 Å². The highest BCUT2D eigenvalue weighted by Gasteiger charge is 2.38. The van der Waals surface area contributed by atoms with E-state index in [2.05, 4.69) is 0 Å². The van der Waals surface area contributed by atoms with Gasteiger partial charge in [-0.05, 0) is 31.5 Å². The van der Waals surface area contributed by atoms with Crippen LogP contribution in [0.5, 0.6) is 5.75 Å². The van der Waals surface area contributed by atoms with Crippen LogP contribution in [0.25, 0.3) is 6.08 Å². The average molecular weight is 317 g/mol. The van der Waals surface area contributed by atoms with Crippen LogP contribution >= 0.6 is 0 Å². The number of benzene rings is 1. The van der Waals surface area contributed by atoms with E-state index in [1.165, 1.54) is 0 Å². The Morgan fingerprint density at radius 2 is 1.88 bits per heavy atom. The number of hydrogen-bond acceptors (Lipinski definition) is 5. The van der Waals surface area contributed by atoms with E-state index < -0.39 is 5.60 Å². The Labute approximate surface area is 141 Å². The van der Waals surface area contributed by atoms with Crippen LogP contribution in [0.15, 0.2) is 52.8 Å². The number of nitriles is 3. The van der Waals surface area contributed by atoms with Gasteiger partial charge in [-0.1, -0.05) is 24.3 Å². The number of hydrogen-bond donors (Lipinski definition) is 0. The predicted molar refractivity (Wildman–Crippen MR) is 88.1 cm³/mol. The molecular formula is C19H15N3O2. The van der Waals surface area contributed by atoms with E-state index in [0.29, 0.717) is 5.57 Å². The summed E-state index contributed by atoms with van der Waals surface area (Å²) in [5, 5.41) is 27.6. The second-order valence-corrected chi connectivity index (χ2v) is 5.55. The largest absolute Gasteiger partial charge is 0.497 e. The van der Waals surface area contributed by atoms with Crippen LogP contribution in [0.2, 0.25) is 0 Å². The van der Waals surface area contributed by atoms with Gasteiger partial charge in [0.15, 0.2) is 11.3 Å². The fourth-order valence-electron chi connectivity index (χ4n) is 2.41. The lowest BCUT2D eigenvalue weighted by atomic mass is 9.94. The number of rotatable bonds is 3. The standard InChI is InChI=1S/C19H15N3O2/c1-19(2)17(8-7-13-5-4-6-15(9-13)23-3)16(12-22)18(24-19)14(10-20)11-21/h4-9H,1-3H3/b8-7+. The highest BCUT2D eigenvalue weighted by Crippen LogP contribution is 2.40. The lowest BCUT2D eigenvalue weighted by molar-refractivity contribution is 0.0954. The molecule has 0 fully saturated rings. The third-order valence-electron chi connectivity index (χ3n) is 3.60. The van der Waals surface area contributed by atoms with E-state index in [4.69, 9.17) is 20.0 Å². The molecule has 0 radical (unpaired) electrons. The SMILES string of the molecule is COc1cccc(/C=C/C2=C(C#N)C(=C(C#N)C#N)OC2(C)C)c1. The van der Waals surface area contributed by atoms with Crippen LogP contribution in [0.4, 0.5) is 0 Å². The van der Waals surface area contributed by atoms with Crippen LogP contribution < -0.4 is 4.74 Å². The molecule has 1 heterocycles. The van der Waals surface area contributed by atoms with E-state index in [1.54, 1.807) is 39.2 Å². The molecule has 24 heavy (non-hydrogen) atoms. The van der Waals surface area contributed by atoms with Gasteiger partial charge in [0.25, 0.3) is 0 Å². The maximum Gasteiger partial charge on any atom is 0.172 e. The summed E-state index contributed by atoms with van der Waals surface area (Å²) in [6.45, 7) is 3.57. The van der Waals surface area contributed by atoms with Gasteiger partial charge in [-0.2, -0.15) is 15.8 Å².